The summed E-state index contributed by atoms with van der Waals surface area (Å²) in [4.78, 5) is 11.7. The summed E-state index contributed by atoms with van der Waals surface area (Å²) in [6.45, 7) is 8.26. The van der Waals surface area contributed by atoms with Crippen LogP contribution in [0.15, 0.2) is 24.3 Å². The number of aliphatic hydroxyl groups excluding tert-OH is 1. The van der Waals surface area contributed by atoms with E-state index in [1.165, 1.54) is 6.42 Å². The molecule has 0 radical (unpaired) electrons. The first-order chi connectivity index (χ1) is 12.3. The highest BCUT2D eigenvalue weighted by atomic mass is 16.5. The molecule has 0 saturated carbocycles. The average Bonchev–Trinajstić information content (AvgIpc) is 2.59. The summed E-state index contributed by atoms with van der Waals surface area (Å²) in [6.07, 6.45) is 3.92. The minimum Gasteiger partial charge on any atom is -0.463 e. The summed E-state index contributed by atoms with van der Waals surface area (Å²) in [5.41, 5.74) is 8.18. The maximum Gasteiger partial charge on any atom is 0.305 e. The van der Waals surface area contributed by atoms with Crippen LogP contribution >= 0.6 is 0 Å². The van der Waals surface area contributed by atoms with E-state index in [0.717, 1.165) is 30.4 Å². The van der Waals surface area contributed by atoms with Gasteiger partial charge in [0, 0.05) is 26.1 Å². The lowest BCUT2D eigenvalue weighted by Crippen LogP contribution is -2.31. The second-order valence-electron chi connectivity index (χ2n) is 8.11. The van der Waals surface area contributed by atoms with E-state index < -0.39 is 6.10 Å². The van der Waals surface area contributed by atoms with Crippen molar-refractivity contribution in [3.8, 4) is 0 Å². The minimum atomic E-state index is -0.697. The van der Waals surface area contributed by atoms with E-state index in [9.17, 15) is 9.90 Å². The molecule has 0 aromatic heterocycles. The van der Waals surface area contributed by atoms with Gasteiger partial charge in [0.1, 0.15) is 12.7 Å². The molecule has 4 N–H and O–H groups in total. The number of nitrogens with one attached hydrogen (secondary N) is 1. The second-order valence-corrected chi connectivity index (χ2v) is 8.11. The maximum atomic E-state index is 11.7. The number of ether oxygens (including phenoxy) is 1. The quantitative estimate of drug-likeness (QED) is 0.392. The molecular formula is C21H36N2O3. The first-order valence-electron chi connectivity index (χ1n) is 9.62. The van der Waals surface area contributed by atoms with E-state index in [0.29, 0.717) is 31.5 Å². The molecule has 0 heterocycles. The van der Waals surface area contributed by atoms with Gasteiger partial charge in [0.05, 0.1) is 0 Å². The molecular weight excluding hydrogens is 328 g/mol. The number of benzene rings is 1. The van der Waals surface area contributed by atoms with Crippen LogP contribution in [0.4, 0.5) is 0 Å². The SMILES string of the molecule is CC(C)(C)CCCCCC(=O)OC[C@@H](O)CNCc1cccc(CN)c1. The molecule has 26 heavy (non-hydrogen) atoms. The van der Waals surface area contributed by atoms with Gasteiger partial charge in [-0.05, 0) is 29.4 Å². The largest absolute Gasteiger partial charge is 0.463 e. The summed E-state index contributed by atoms with van der Waals surface area (Å²) in [7, 11) is 0. The van der Waals surface area contributed by atoms with E-state index in [1.54, 1.807) is 0 Å². The smallest absolute Gasteiger partial charge is 0.305 e. The van der Waals surface area contributed by atoms with E-state index in [4.69, 9.17) is 10.5 Å². The van der Waals surface area contributed by atoms with Crippen molar-refractivity contribution >= 4 is 5.97 Å². The highest BCUT2D eigenvalue weighted by molar-refractivity contribution is 5.69. The fourth-order valence-corrected chi connectivity index (χ4v) is 2.67. The number of carbonyl (C=O) groups excluding carboxylic acids is 1. The predicted molar refractivity (Wildman–Crippen MR) is 106 cm³/mol. The van der Waals surface area contributed by atoms with Crippen molar-refractivity contribution in [2.75, 3.05) is 13.2 Å². The molecule has 1 atom stereocenters. The summed E-state index contributed by atoms with van der Waals surface area (Å²) in [6, 6.07) is 8.01. The number of esters is 1. The Balaban J connectivity index is 2.08. The number of carbonyl (C=O) groups is 1. The zero-order chi connectivity index (χ0) is 19.4. The average molecular weight is 365 g/mol. The van der Waals surface area contributed by atoms with Crippen LogP contribution in [0.25, 0.3) is 0 Å². The van der Waals surface area contributed by atoms with Gasteiger partial charge < -0.3 is 20.9 Å². The number of aliphatic hydroxyl groups is 1. The van der Waals surface area contributed by atoms with E-state index >= 15 is 0 Å². The topological polar surface area (TPSA) is 84.6 Å². The molecule has 1 rings (SSSR count). The molecule has 1 aromatic rings. The van der Waals surface area contributed by atoms with Crippen LogP contribution in [-0.2, 0) is 22.6 Å². The molecule has 0 amide bonds. The fraction of sp³-hybridized carbons (Fsp3) is 0.667. The molecule has 0 aliphatic heterocycles. The number of nitrogens with two attached hydrogens (primary N) is 1. The Labute approximate surface area is 158 Å². The molecule has 148 valence electrons. The van der Waals surface area contributed by atoms with E-state index in [2.05, 4.69) is 26.1 Å². The van der Waals surface area contributed by atoms with Gasteiger partial charge in [0.25, 0.3) is 0 Å². The van der Waals surface area contributed by atoms with Crippen molar-refractivity contribution in [2.45, 2.75) is 72.1 Å². The molecule has 0 aliphatic rings. The number of hydrogen-bond donors (Lipinski definition) is 3. The maximum absolute atomic E-state index is 11.7. The molecule has 0 spiro atoms. The highest BCUT2D eigenvalue weighted by Gasteiger charge is 2.11. The summed E-state index contributed by atoms with van der Waals surface area (Å²) < 4.78 is 5.15. The zero-order valence-corrected chi connectivity index (χ0v) is 16.6. The number of rotatable bonds is 12. The third-order valence-corrected chi connectivity index (χ3v) is 4.18. The molecule has 0 saturated heterocycles. The Morgan fingerprint density at radius 3 is 2.65 bits per heavy atom. The Kier molecular flexibility index (Phi) is 10.5. The van der Waals surface area contributed by atoms with Crippen molar-refractivity contribution in [1.29, 1.82) is 0 Å². The van der Waals surface area contributed by atoms with Gasteiger partial charge in [0.15, 0.2) is 0 Å². The van der Waals surface area contributed by atoms with Gasteiger partial charge in [-0.25, -0.2) is 0 Å². The number of hydrogen-bond acceptors (Lipinski definition) is 5. The lowest BCUT2D eigenvalue weighted by atomic mass is 9.89. The van der Waals surface area contributed by atoms with Crippen LogP contribution in [0, 0.1) is 5.41 Å². The first-order valence-corrected chi connectivity index (χ1v) is 9.62. The fourth-order valence-electron chi connectivity index (χ4n) is 2.67. The van der Waals surface area contributed by atoms with Gasteiger partial charge in [-0.3, -0.25) is 4.79 Å². The molecule has 5 nitrogen and oxygen atoms in total. The van der Waals surface area contributed by atoms with Crippen LogP contribution in [0.1, 0.15) is 64.0 Å². The molecule has 0 fully saturated rings. The van der Waals surface area contributed by atoms with Crippen LogP contribution in [0.3, 0.4) is 0 Å². The normalized spacial score (nSPS) is 12.8. The van der Waals surface area contributed by atoms with Crippen LogP contribution < -0.4 is 11.1 Å². The van der Waals surface area contributed by atoms with E-state index in [-0.39, 0.29) is 12.6 Å². The summed E-state index contributed by atoms with van der Waals surface area (Å²) in [5.74, 6) is -0.226. The molecule has 0 bridgehead atoms. The van der Waals surface area contributed by atoms with E-state index in [1.807, 2.05) is 24.3 Å². The predicted octanol–water partition coefficient (Wildman–Crippen LogP) is 3.14. The van der Waals surface area contributed by atoms with Gasteiger partial charge >= 0.3 is 5.97 Å². The molecule has 0 aliphatic carbocycles. The van der Waals surface area contributed by atoms with Gasteiger partial charge in [-0.1, -0.05) is 57.9 Å². The Morgan fingerprint density at radius 2 is 1.96 bits per heavy atom. The third kappa shape index (κ3) is 11.2. The Bertz CT molecular complexity index is 526. The van der Waals surface area contributed by atoms with Crippen LogP contribution in [0.5, 0.6) is 0 Å². The monoisotopic (exact) mass is 364 g/mol. The highest BCUT2D eigenvalue weighted by Crippen LogP contribution is 2.22. The third-order valence-electron chi connectivity index (χ3n) is 4.18. The number of unbranched alkanes of at least 4 members (excludes halogenated alkanes) is 2. The summed E-state index contributed by atoms with van der Waals surface area (Å²) >= 11 is 0. The standard InChI is InChI=1S/C21H36N2O3/c1-21(2,3)11-6-4-5-10-20(25)26-16-19(24)15-23-14-18-9-7-8-17(12-18)13-22/h7-9,12,19,23-24H,4-6,10-11,13-16,22H2,1-3H3/t19-/m0/s1. The molecule has 5 heteroatoms. The van der Waals surface area contributed by atoms with Gasteiger partial charge in [-0.2, -0.15) is 0 Å². The van der Waals surface area contributed by atoms with Crippen molar-refractivity contribution in [2.24, 2.45) is 11.1 Å². The zero-order valence-electron chi connectivity index (χ0n) is 16.6. The lowest BCUT2D eigenvalue weighted by Gasteiger charge is -2.17. The van der Waals surface area contributed by atoms with Crippen molar-refractivity contribution < 1.29 is 14.6 Å². The van der Waals surface area contributed by atoms with Gasteiger partial charge in [-0.15, -0.1) is 0 Å². The van der Waals surface area contributed by atoms with Crippen molar-refractivity contribution in [1.82, 2.24) is 5.32 Å². The first kappa shape index (κ1) is 22.6. The Morgan fingerprint density at radius 1 is 1.23 bits per heavy atom. The van der Waals surface area contributed by atoms with Crippen molar-refractivity contribution in [3.05, 3.63) is 35.4 Å². The van der Waals surface area contributed by atoms with Crippen LogP contribution in [-0.4, -0.2) is 30.3 Å². The van der Waals surface area contributed by atoms with Gasteiger partial charge in [0.2, 0.25) is 0 Å². The molecule has 0 unspecified atom stereocenters. The minimum absolute atomic E-state index is 0.0384. The second kappa shape index (κ2) is 12.0. The summed E-state index contributed by atoms with van der Waals surface area (Å²) in [5, 5.41) is 13.1. The molecule has 1 aromatic carbocycles. The van der Waals surface area contributed by atoms with Crippen LogP contribution in [0.2, 0.25) is 0 Å². The van der Waals surface area contributed by atoms with Crippen molar-refractivity contribution in [3.63, 3.8) is 0 Å². The Hall–Kier alpha value is -1.43. The lowest BCUT2D eigenvalue weighted by molar-refractivity contribution is -0.146.